The Morgan fingerprint density at radius 1 is 1.40 bits per heavy atom. The summed E-state index contributed by atoms with van der Waals surface area (Å²) in [6.45, 7) is 10.7. The molecule has 0 bridgehead atoms. The zero-order chi connectivity index (χ0) is 12.1. The van der Waals surface area contributed by atoms with Gasteiger partial charge in [0.15, 0.2) is 0 Å². The van der Waals surface area contributed by atoms with Gasteiger partial charge in [0.25, 0.3) is 0 Å². The molecule has 1 unspecified atom stereocenters. The van der Waals surface area contributed by atoms with Crippen molar-refractivity contribution in [2.24, 2.45) is 5.73 Å². The lowest BCUT2D eigenvalue weighted by atomic mass is 10.0. The lowest BCUT2D eigenvalue weighted by Crippen LogP contribution is -2.54. The van der Waals surface area contributed by atoms with Crippen LogP contribution < -0.4 is 5.73 Å². The molecule has 1 amide bonds. The molecule has 15 heavy (non-hydrogen) atoms. The molecule has 3 nitrogen and oxygen atoms in total. The fraction of sp³-hybridized carbons (Fsp3) is 0.917. The molecule has 0 rings (SSSR count). The van der Waals surface area contributed by atoms with E-state index >= 15 is 0 Å². The Hall–Kier alpha value is -0.570. The zero-order valence-electron chi connectivity index (χ0n) is 10.8. The SMILES string of the molecule is CCCCN(C(=O)C(C)(C)N)C(C)CC. The maximum atomic E-state index is 12.1. The van der Waals surface area contributed by atoms with Crippen molar-refractivity contribution in [2.45, 2.75) is 65.5 Å². The smallest absolute Gasteiger partial charge is 0.242 e. The summed E-state index contributed by atoms with van der Waals surface area (Å²) in [5, 5.41) is 0. The van der Waals surface area contributed by atoms with Crippen molar-refractivity contribution >= 4 is 5.91 Å². The molecule has 0 radical (unpaired) electrons. The van der Waals surface area contributed by atoms with Gasteiger partial charge in [-0.1, -0.05) is 20.3 Å². The molecule has 0 aromatic rings. The molecule has 0 aliphatic heterocycles. The first-order valence-electron chi connectivity index (χ1n) is 5.94. The van der Waals surface area contributed by atoms with E-state index in [1.54, 1.807) is 13.8 Å². The molecular weight excluding hydrogens is 188 g/mol. The third-order valence-electron chi connectivity index (χ3n) is 2.69. The van der Waals surface area contributed by atoms with Crippen molar-refractivity contribution in [1.29, 1.82) is 0 Å². The average Bonchev–Trinajstić information content (AvgIpc) is 2.16. The quantitative estimate of drug-likeness (QED) is 0.736. The maximum absolute atomic E-state index is 12.1. The second-order valence-electron chi connectivity index (χ2n) is 4.83. The van der Waals surface area contributed by atoms with Crippen LogP contribution in [0.1, 0.15) is 53.9 Å². The van der Waals surface area contributed by atoms with Crippen molar-refractivity contribution in [2.75, 3.05) is 6.54 Å². The van der Waals surface area contributed by atoms with Crippen molar-refractivity contribution in [1.82, 2.24) is 4.90 Å². The number of rotatable bonds is 6. The number of unbranched alkanes of at least 4 members (excludes halogenated alkanes) is 1. The molecule has 0 aliphatic carbocycles. The van der Waals surface area contributed by atoms with Gasteiger partial charge in [-0.2, -0.15) is 0 Å². The topological polar surface area (TPSA) is 46.3 Å². The van der Waals surface area contributed by atoms with Crippen LogP contribution in [-0.4, -0.2) is 28.9 Å². The van der Waals surface area contributed by atoms with Crippen LogP contribution in [0.5, 0.6) is 0 Å². The Morgan fingerprint density at radius 3 is 2.27 bits per heavy atom. The van der Waals surface area contributed by atoms with Crippen molar-refractivity contribution < 1.29 is 4.79 Å². The normalized spacial score (nSPS) is 13.7. The summed E-state index contributed by atoms with van der Waals surface area (Å²) < 4.78 is 0. The third kappa shape index (κ3) is 4.65. The summed E-state index contributed by atoms with van der Waals surface area (Å²) in [5.41, 5.74) is 5.10. The van der Waals surface area contributed by atoms with Crippen LogP contribution in [0, 0.1) is 0 Å². The molecule has 0 heterocycles. The van der Waals surface area contributed by atoms with Gasteiger partial charge in [-0.15, -0.1) is 0 Å². The van der Waals surface area contributed by atoms with Crippen LogP contribution in [0.15, 0.2) is 0 Å². The minimum Gasteiger partial charge on any atom is -0.338 e. The predicted molar refractivity (Wildman–Crippen MR) is 64.6 cm³/mol. The van der Waals surface area contributed by atoms with Gasteiger partial charge >= 0.3 is 0 Å². The highest BCUT2D eigenvalue weighted by Gasteiger charge is 2.29. The fourth-order valence-corrected chi connectivity index (χ4v) is 1.44. The first kappa shape index (κ1) is 14.4. The van der Waals surface area contributed by atoms with Crippen molar-refractivity contribution in [3.8, 4) is 0 Å². The van der Waals surface area contributed by atoms with Crippen molar-refractivity contribution in [3.63, 3.8) is 0 Å². The van der Waals surface area contributed by atoms with Gasteiger partial charge in [0.05, 0.1) is 5.54 Å². The minimum atomic E-state index is -0.753. The molecule has 2 N–H and O–H groups in total. The summed E-state index contributed by atoms with van der Waals surface area (Å²) in [5.74, 6) is 0.0605. The largest absolute Gasteiger partial charge is 0.338 e. The van der Waals surface area contributed by atoms with E-state index in [0.717, 1.165) is 25.8 Å². The van der Waals surface area contributed by atoms with E-state index in [1.807, 2.05) is 4.90 Å². The molecule has 90 valence electrons. The number of hydrogen-bond donors (Lipinski definition) is 1. The zero-order valence-corrected chi connectivity index (χ0v) is 10.8. The lowest BCUT2D eigenvalue weighted by Gasteiger charge is -2.33. The summed E-state index contributed by atoms with van der Waals surface area (Å²) in [7, 11) is 0. The van der Waals surface area contributed by atoms with E-state index in [9.17, 15) is 4.79 Å². The average molecular weight is 214 g/mol. The molecule has 0 saturated carbocycles. The van der Waals surface area contributed by atoms with Gasteiger partial charge in [0.1, 0.15) is 0 Å². The van der Waals surface area contributed by atoms with Crippen LogP contribution in [-0.2, 0) is 4.79 Å². The van der Waals surface area contributed by atoms with E-state index in [-0.39, 0.29) is 11.9 Å². The van der Waals surface area contributed by atoms with Gasteiger partial charge in [0, 0.05) is 12.6 Å². The molecule has 0 fully saturated rings. The van der Waals surface area contributed by atoms with E-state index in [1.165, 1.54) is 0 Å². The second-order valence-corrected chi connectivity index (χ2v) is 4.83. The lowest BCUT2D eigenvalue weighted by molar-refractivity contribution is -0.138. The van der Waals surface area contributed by atoms with E-state index in [4.69, 9.17) is 5.73 Å². The minimum absolute atomic E-state index is 0.0605. The highest BCUT2D eigenvalue weighted by molar-refractivity contribution is 5.85. The summed E-state index contributed by atoms with van der Waals surface area (Å²) in [6.07, 6.45) is 3.13. The molecule has 3 heteroatoms. The fourth-order valence-electron chi connectivity index (χ4n) is 1.44. The molecule has 0 aliphatic rings. The van der Waals surface area contributed by atoms with Crippen LogP contribution in [0.25, 0.3) is 0 Å². The maximum Gasteiger partial charge on any atom is 0.242 e. The summed E-state index contributed by atoms with van der Waals surface area (Å²) >= 11 is 0. The molecule has 0 aromatic heterocycles. The Kier molecular flexibility index (Phi) is 5.88. The first-order chi connectivity index (χ1) is 6.84. The Balaban J connectivity index is 4.55. The van der Waals surface area contributed by atoms with Crippen molar-refractivity contribution in [3.05, 3.63) is 0 Å². The van der Waals surface area contributed by atoms with Gasteiger partial charge < -0.3 is 10.6 Å². The predicted octanol–water partition coefficient (Wildman–Crippen LogP) is 2.15. The molecular formula is C12H26N2O. The number of carbonyl (C=O) groups is 1. The standard InChI is InChI=1S/C12H26N2O/c1-6-8-9-14(10(3)7-2)11(15)12(4,5)13/h10H,6-9,13H2,1-5H3. The number of amides is 1. The van der Waals surface area contributed by atoms with E-state index in [2.05, 4.69) is 20.8 Å². The van der Waals surface area contributed by atoms with Crippen LogP contribution in [0.4, 0.5) is 0 Å². The Bertz CT molecular complexity index is 196. The summed E-state index contributed by atoms with van der Waals surface area (Å²) in [4.78, 5) is 14.0. The van der Waals surface area contributed by atoms with Crippen LogP contribution >= 0.6 is 0 Å². The summed E-state index contributed by atoms with van der Waals surface area (Å²) in [6, 6.07) is 0.284. The monoisotopic (exact) mass is 214 g/mol. The van der Waals surface area contributed by atoms with E-state index in [0.29, 0.717) is 0 Å². The molecule has 0 aromatic carbocycles. The highest BCUT2D eigenvalue weighted by atomic mass is 16.2. The van der Waals surface area contributed by atoms with Gasteiger partial charge in [-0.05, 0) is 33.6 Å². The van der Waals surface area contributed by atoms with E-state index < -0.39 is 5.54 Å². The molecule has 0 spiro atoms. The van der Waals surface area contributed by atoms with Crippen LogP contribution in [0.2, 0.25) is 0 Å². The Morgan fingerprint density at radius 2 is 1.93 bits per heavy atom. The Labute approximate surface area is 94.0 Å². The second kappa shape index (κ2) is 6.11. The molecule has 1 atom stereocenters. The van der Waals surface area contributed by atoms with Gasteiger partial charge in [0.2, 0.25) is 5.91 Å². The first-order valence-corrected chi connectivity index (χ1v) is 5.94. The third-order valence-corrected chi connectivity index (χ3v) is 2.69. The highest BCUT2D eigenvalue weighted by Crippen LogP contribution is 2.12. The number of hydrogen-bond acceptors (Lipinski definition) is 2. The molecule has 0 saturated heterocycles. The number of nitrogens with zero attached hydrogens (tertiary/aromatic N) is 1. The van der Waals surface area contributed by atoms with Gasteiger partial charge in [-0.3, -0.25) is 4.79 Å². The number of nitrogens with two attached hydrogens (primary N) is 1. The van der Waals surface area contributed by atoms with Crippen LogP contribution in [0.3, 0.4) is 0 Å². The number of carbonyl (C=O) groups excluding carboxylic acids is 1. The van der Waals surface area contributed by atoms with Gasteiger partial charge in [-0.25, -0.2) is 0 Å².